The number of alkyl halides is 3. The third kappa shape index (κ3) is 5.23. The number of rotatable bonds is 3. The Balaban J connectivity index is 0.000000344. The van der Waals surface area contributed by atoms with Crippen molar-refractivity contribution in [1.29, 1.82) is 0 Å². The molecule has 1 aliphatic heterocycles. The van der Waals surface area contributed by atoms with Crippen LogP contribution >= 0.6 is 11.3 Å². The van der Waals surface area contributed by atoms with Gasteiger partial charge in [0.25, 0.3) is 0 Å². The highest BCUT2D eigenvalue weighted by Gasteiger charge is 2.38. The minimum absolute atomic E-state index is 0.397. The van der Waals surface area contributed by atoms with Gasteiger partial charge >= 0.3 is 24.3 Å². The van der Waals surface area contributed by atoms with Gasteiger partial charge in [-0.2, -0.15) is 13.2 Å². The lowest BCUT2D eigenvalue weighted by atomic mass is 10.1. The van der Waals surface area contributed by atoms with Crippen LogP contribution < -0.4 is 14.8 Å². The molecule has 174 valence electrons. The Hall–Kier alpha value is -4.19. The second kappa shape index (κ2) is 9.35. The number of benzene rings is 2. The summed E-state index contributed by atoms with van der Waals surface area (Å²) in [6, 6.07) is 15.4. The van der Waals surface area contributed by atoms with Crippen molar-refractivity contribution >= 4 is 39.1 Å². The molecule has 0 aliphatic carbocycles. The number of carbonyl (C=O) groups is 2. The second-order valence-electron chi connectivity index (χ2n) is 6.78. The first-order valence-corrected chi connectivity index (χ1v) is 10.4. The summed E-state index contributed by atoms with van der Waals surface area (Å²) < 4.78 is 43.1. The highest BCUT2D eigenvalue weighted by atomic mass is 32.1. The number of carboxylic acids is 1. The molecule has 0 saturated heterocycles. The van der Waals surface area contributed by atoms with Crippen molar-refractivity contribution < 1.29 is 37.3 Å². The molecule has 3 heterocycles. The van der Waals surface area contributed by atoms with Crippen LogP contribution in [0.4, 0.5) is 18.3 Å². The average Bonchev–Trinajstić information content (AvgIpc) is 3.44. The number of hydrogen-bond donors (Lipinski definition) is 2. The third-order valence-electron chi connectivity index (χ3n) is 4.45. The van der Waals surface area contributed by atoms with Gasteiger partial charge < -0.3 is 14.6 Å². The molecule has 1 amide bonds. The molecule has 8 nitrogen and oxygen atoms in total. The van der Waals surface area contributed by atoms with E-state index in [1.165, 1.54) is 11.3 Å². The molecule has 12 heteroatoms. The Morgan fingerprint density at radius 2 is 1.56 bits per heavy atom. The van der Waals surface area contributed by atoms with Gasteiger partial charge in [-0.25, -0.2) is 9.78 Å². The summed E-state index contributed by atoms with van der Waals surface area (Å²) in [6.07, 6.45) is -2.71. The van der Waals surface area contributed by atoms with Crippen LogP contribution in [0.5, 0.6) is 11.5 Å². The number of pyridine rings is 1. The lowest BCUT2D eigenvalue weighted by Gasteiger charge is -2.08. The molecular weight excluding hydrogens is 475 g/mol. The predicted octanol–water partition coefficient (Wildman–Crippen LogP) is 4.73. The van der Waals surface area contributed by atoms with E-state index < -0.39 is 24.3 Å². The summed E-state index contributed by atoms with van der Waals surface area (Å²) in [5.74, 6) is -2.03. The molecule has 0 fully saturated rings. The molecule has 5 rings (SSSR count). The normalized spacial score (nSPS) is 12.7. The van der Waals surface area contributed by atoms with Crippen molar-refractivity contribution in [3.63, 3.8) is 0 Å². The average molecular weight is 489 g/mol. The molecule has 4 aromatic rings. The number of ether oxygens (including phenoxy) is 2. The van der Waals surface area contributed by atoms with Gasteiger partial charge in [0.05, 0.1) is 5.69 Å². The van der Waals surface area contributed by atoms with Gasteiger partial charge in [-0.3, -0.25) is 15.1 Å². The van der Waals surface area contributed by atoms with Crippen LogP contribution in [0.1, 0.15) is 0 Å². The van der Waals surface area contributed by atoms with Crippen molar-refractivity contribution in [3.05, 3.63) is 66.3 Å². The molecule has 2 aromatic heterocycles. The zero-order chi connectivity index (χ0) is 24.3. The van der Waals surface area contributed by atoms with E-state index in [1.807, 2.05) is 53.9 Å². The summed E-state index contributed by atoms with van der Waals surface area (Å²) in [4.78, 5) is 29.8. The molecule has 0 atom stereocenters. The summed E-state index contributed by atoms with van der Waals surface area (Å²) in [7, 11) is 0. The van der Waals surface area contributed by atoms with E-state index in [2.05, 4.69) is 15.3 Å². The number of thiazole rings is 1. The highest BCUT2D eigenvalue weighted by Crippen LogP contribution is 2.38. The number of carbonyl (C=O) groups excluding carboxylic acids is 1. The van der Waals surface area contributed by atoms with E-state index in [9.17, 15) is 18.0 Å². The van der Waals surface area contributed by atoms with Crippen LogP contribution in [-0.4, -0.2) is 39.4 Å². The van der Waals surface area contributed by atoms with E-state index in [0.29, 0.717) is 16.6 Å². The number of halogens is 3. The lowest BCUT2D eigenvalue weighted by Crippen LogP contribution is -2.34. The van der Waals surface area contributed by atoms with Gasteiger partial charge in [-0.1, -0.05) is 24.3 Å². The molecular formula is C22H14F3N3O5S. The fraction of sp³-hybridized carbons (Fsp3) is 0.0909. The molecule has 2 aromatic carbocycles. The van der Waals surface area contributed by atoms with Crippen molar-refractivity contribution in [2.45, 2.75) is 12.5 Å². The summed E-state index contributed by atoms with van der Waals surface area (Å²) >= 11 is 1.34. The molecule has 2 N–H and O–H groups in total. The fourth-order valence-corrected chi connectivity index (χ4v) is 3.62. The number of hydrogen-bond acceptors (Lipinski definition) is 7. The monoisotopic (exact) mass is 489 g/mol. The van der Waals surface area contributed by atoms with Crippen LogP contribution in [0.2, 0.25) is 0 Å². The Labute approximate surface area is 193 Å². The number of nitrogens with one attached hydrogen (secondary N) is 1. The number of fused-ring (bicyclic) bond motifs is 2. The van der Waals surface area contributed by atoms with E-state index in [1.54, 1.807) is 12.4 Å². The molecule has 0 radical (unpaired) electrons. The van der Waals surface area contributed by atoms with E-state index in [-0.39, 0.29) is 0 Å². The Kier molecular flexibility index (Phi) is 6.32. The van der Waals surface area contributed by atoms with Crippen LogP contribution in [0.15, 0.2) is 66.3 Å². The van der Waals surface area contributed by atoms with E-state index in [0.717, 1.165) is 22.0 Å². The number of aliphatic carboxylic acids is 1. The van der Waals surface area contributed by atoms with Crippen molar-refractivity contribution in [2.24, 2.45) is 0 Å². The zero-order valence-corrected chi connectivity index (χ0v) is 17.8. The van der Waals surface area contributed by atoms with Crippen molar-refractivity contribution in [2.75, 3.05) is 5.32 Å². The molecule has 0 saturated carbocycles. The number of anilines is 1. The van der Waals surface area contributed by atoms with Crippen molar-refractivity contribution in [1.82, 2.24) is 9.97 Å². The second-order valence-corrected chi connectivity index (χ2v) is 7.64. The van der Waals surface area contributed by atoms with Crippen LogP contribution in [0.25, 0.3) is 22.0 Å². The van der Waals surface area contributed by atoms with Gasteiger partial charge in [0.1, 0.15) is 0 Å². The van der Waals surface area contributed by atoms with Gasteiger partial charge in [0, 0.05) is 23.3 Å². The number of nitrogens with zero attached hydrogens (tertiary/aromatic N) is 2. The topological polar surface area (TPSA) is 111 Å². The Morgan fingerprint density at radius 3 is 2.09 bits per heavy atom. The predicted molar refractivity (Wildman–Crippen MR) is 117 cm³/mol. The van der Waals surface area contributed by atoms with E-state index >= 15 is 0 Å². The number of aromatic nitrogens is 2. The number of carboxylic acid groups (broad SMARTS) is 1. The molecule has 0 bridgehead atoms. The van der Waals surface area contributed by atoms with Crippen molar-refractivity contribution in [3.8, 4) is 22.8 Å². The minimum atomic E-state index is -5.08. The summed E-state index contributed by atoms with van der Waals surface area (Å²) in [5, 5.41) is 14.3. The molecule has 0 spiro atoms. The van der Waals surface area contributed by atoms with Gasteiger partial charge in [-0.15, -0.1) is 11.3 Å². The molecule has 1 aliphatic rings. The van der Waals surface area contributed by atoms with Gasteiger partial charge in [0.2, 0.25) is 0 Å². The largest absolute Gasteiger partial charge is 0.490 e. The maximum Gasteiger partial charge on any atom is 0.490 e. The zero-order valence-electron chi connectivity index (χ0n) is 16.9. The maximum absolute atomic E-state index is 12.5. The standard InChI is InChI=1S/C20H13N3O3S.C2HF3O2/c24-18(23-20-22-15(11-27-20)12-5-7-21-8-6-12)19-25-16-9-13-3-1-2-4-14(13)10-17(16)26-19;3-2(4,5)1(6)7/h1-11,19H,(H,22,23,24);(H,6,7). The fourth-order valence-electron chi connectivity index (χ4n) is 2.90. The van der Waals surface area contributed by atoms with E-state index in [4.69, 9.17) is 19.4 Å². The highest BCUT2D eigenvalue weighted by molar-refractivity contribution is 7.14. The first kappa shape index (κ1) is 23.0. The molecule has 34 heavy (non-hydrogen) atoms. The minimum Gasteiger partial charge on any atom is -0.475 e. The number of amides is 1. The SMILES string of the molecule is O=C(Nc1nc(-c2ccncc2)cs1)C1Oc2cc3ccccc3cc2O1.O=C(O)C(F)(F)F. The summed E-state index contributed by atoms with van der Waals surface area (Å²) in [5.41, 5.74) is 1.72. The smallest absolute Gasteiger partial charge is 0.475 e. The first-order chi connectivity index (χ1) is 16.2. The Bertz CT molecular complexity index is 1300. The maximum atomic E-state index is 12.5. The van der Waals surface area contributed by atoms with Crippen LogP contribution in [-0.2, 0) is 9.59 Å². The Morgan fingerprint density at radius 1 is 1.00 bits per heavy atom. The lowest BCUT2D eigenvalue weighted by molar-refractivity contribution is -0.192. The van der Waals surface area contributed by atoms with Crippen LogP contribution in [0.3, 0.4) is 0 Å². The quantitative estimate of drug-likeness (QED) is 0.428. The van der Waals surface area contributed by atoms with Gasteiger partial charge in [-0.05, 0) is 35.0 Å². The summed E-state index contributed by atoms with van der Waals surface area (Å²) in [6.45, 7) is 0. The molecule has 0 unspecified atom stereocenters. The third-order valence-corrected chi connectivity index (χ3v) is 5.20. The van der Waals surface area contributed by atoms with Crippen LogP contribution in [0, 0.1) is 0 Å². The van der Waals surface area contributed by atoms with Gasteiger partial charge in [0.15, 0.2) is 16.6 Å². The first-order valence-electron chi connectivity index (χ1n) is 9.54.